The van der Waals surface area contributed by atoms with Crippen LogP contribution < -0.4 is 24.8 Å². The summed E-state index contributed by atoms with van der Waals surface area (Å²) in [4.78, 5) is 51.5. The minimum Gasteiger partial charge on any atom is -0.503 e. The SMILES string of the molecule is CCOC(=O)CNC(=O)Oc1ncc(C(=O)NS(=O)(=O)c2ccc(CCNC(=O)c3cc(OC)ccc3Cl)cc2)cc1O. The lowest BCUT2D eigenvalue weighted by molar-refractivity contribution is -0.141. The second kappa shape index (κ2) is 14.8. The van der Waals surface area contributed by atoms with E-state index < -0.39 is 52.1 Å². The van der Waals surface area contributed by atoms with Crippen molar-refractivity contribution in [3.8, 4) is 17.4 Å². The number of nitrogens with zero attached hydrogens (tertiary/aromatic N) is 1. The number of nitrogens with one attached hydrogen (secondary N) is 3. The van der Waals surface area contributed by atoms with Crippen molar-refractivity contribution in [1.82, 2.24) is 20.3 Å². The third-order valence-electron chi connectivity index (χ3n) is 5.54. The van der Waals surface area contributed by atoms with Crippen molar-refractivity contribution >= 4 is 45.5 Å². The van der Waals surface area contributed by atoms with Crippen LogP contribution in [0.25, 0.3) is 0 Å². The topological polar surface area (TPSA) is 199 Å². The summed E-state index contributed by atoms with van der Waals surface area (Å²) in [5.41, 5.74) is 0.614. The number of sulfonamides is 1. The van der Waals surface area contributed by atoms with Crippen LogP contribution in [0.3, 0.4) is 0 Å². The number of esters is 1. The second-order valence-electron chi connectivity index (χ2n) is 8.53. The van der Waals surface area contributed by atoms with Crippen molar-refractivity contribution in [2.45, 2.75) is 18.2 Å². The number of rotatable bonds is 12. The molecule has 3 rings (SSSR count). The molecule has 228 valence electrons. The lowest BCUT2D eigenvalue weighted by Gasteiger charge is -2.10. The number of carbonyl (C=O) groups is 4. The van der Waals surface area contributed by atoms with E-state index in [1.807, 2.05) is 4.72 Å². The van der Waals surface area contributed by atoms with Gasteiger partial charge in [0.15, 0.2) is 5.75 Å². The Morgan fingerprint density at radius 1 is 1.00 bits per heavy atom. The Morgan fingerprint density at radius 2 is 1.72 bits per heavy atom. The van der Waals surface area contributed by atoms with Gasteiger partial charge >= 0.3 is 12.1 Å². The minimum absolute atomic E-state index is 0.117. The van der Waals surface area contributed by atoms with E-state index in [9.17, 15) is 32.7 Å². The van der Waals surface area contributed by atoms with Crippen molar-refractivity contribution in [2.24, 2.45) is 0 Å². The average Bonchev–Trinajstić information content (AvgIpc) is 2.97. The zero-order valence-electron chi connectivity index (χ0n) is 22.9. The molecule has 0 aliphatic rings. The number of halogens is 1. The van der Waals surface area contributed by atoms with Crippen molar-refractivity contribution < 1.29 is 46.9 Å². The number of pyridine rings is 1. The Balaban J connectivity index is 1.54. The second-order valence-corrected chi connectivity index (χ2v) is 10.6. The highest BCUT2D eigenvalue weighted by molar-refractivity contribution is 7.90. The molecule has 0 aliphatic heterocycles. The Kier molecular flexibility index (Phi) is 11.3. The largest absolute Gasteiger partial charge is 0.503 e. The number of hydrogen-bond donors (Lipinski definition) is 4. The van der Waals surface area contributed by atoms with Crippen molar-refractivity contribution in [2.75, 3.05) is 26.8 Å². The number of carbonyl (C=O) groups excluding carboxylic acids is 4. The average molecular weight is 635 g/mol. The van der Waals surface area contributed by atoms with Crippen LogP contribution in [-0.2, 0) is 26.0 Å². The zero-order chi connectivity index (χ0) is 31.6. The third kappa shape index (κ3) is 9.31. The molecule has 0 atom stereocenters. The highest BCUT2D eigenvalue weighted by atomic mass is 35.5. The molecule has 0 saturated carbocycles. The number of amides is 3. The molecule has 16 heteroatoms. The molecule has 43 heavy (non-hydrogen) atoms. The first kappa shape index (κ1) is 32.6. The van der Waals surface area contributed by atoms with Crippen molar-refractivity contribution in [1.29, 1.82) is 0 Å². The molecule has 1 aromatic heterocycles. The summed E-state index contributed by atoms with van der Waals surface area (Å²) in [5, 5.41) is 15.2. The Bertz CT molecular complexity index is 1610. The molecule has 2 aromatic carbocycles. The first-order valence-corrected chi connectivity index (χ1v) is 14.4. The molecule has 0 unspecified atom stereocenters. The van der Waals surface area contributed by atoms with Gasteiger partial charge in [-0.3, -0.25) is 14.4 Å². The van der Waals surface area contributed by atoms with Gasteiger partial charge in [-0.25, -0.2) is 22.9 Å². The first-order chi connectivity index (χ1) is 20.4. The van der Waals surface area contributed by atoms with Crippen LogP contribution in [0.15, 0.2) is 59.6 Å². The number of ether oxygens (including phenoxy) is 3. The van der Waals surface area contributed by atoms with Crippen LogP contribution in [0.4, 0.5) is 4.79 Å². The van der Waals surface area contributed by atoms with Gasteiger partial charge in [0.05, 0.1) is 34.8 Å². The van der Waals surface area contributed by atoms with E-state index in [-0.39, 0.29) is 34.2 Å². The van der Waals surface area contributed by atoms with Gasteiger partial charge in [-0.2, -0.15) is 0 Å². The molecule has 0 aliphatic carbocycles. The summed E-state index contributed by atoms with van der Waals surface area (Å²) in [7, 11) is -2.84. The molecule has 3 amide bonds. The van der Waals surface area contributed by atoms with E-state index in [4.69, 9.17) is 21.1 Å². The van der Waals surface area contributed by atoms with Crippen LogP contribution in [0.1, 0.15) is 33.2 Å². The molecule has 3 aromatic rings. The smallest absolute Gasteiger partial charge is 0.414 e. The lowest BCUT2D eigenvalue weighted by Crippen LogP contribution is -2.33. The normalized spacial score (nSPS) is 10.8. The molecule has 0 radical (unpaired) electrons. The number of benzene rings is 2. The summed E-state index contributed by atoms with van der Waals surface area (Å²) in [6.07, 6.45) is 0.136. The van der Waals surface area contributed by atoms with E-state index >= 15 is 0 Å². The van der Waals surface area contributed by atoms with Crippen LogP contribution in [0.5, 0.6) is 17.4 Å². The summed E-state index contributed by atoms with van der Waals surface area (Å²) in [6.45, 7) is 1.46. The Morgan fingerprint density at radius 3 is 2.37 bits per heavy atom. The molecule has 4 N–H and O–H groups in total. The summed E-state index contributed by atoms with van der Waals surface area (Å²) in [5.74, 6) is -3.06. The van der Waals surface area contributed by atoms with Gasteiger partial charge in [0.2, 0.25) is 0 Å². The van der Waals surface area contributed by atoms with Crippen LogP contribution in [0.2, 0.25) is 5.02 Å². The molecule has 0 bridgehead atoms. The molecule has 0 fully saturated rings. The van der Waals surface area contributed by atoms with Crippen LogP contribution >= 0.6 is 11.6 Å². The maximum atomic E-state index is 12.7. The summed E-state index contributed by atoms with van der Waals surface area (Å²) in [6, 6.07) is 11.2. The monoisotopic (exact) mass is 634 g/mol. The lowest BCUT2D eigenvalue weighted by atomic mass is 10.1. The number of hydrogen-bond acceptors (Lipinski definition) is 11. The maximum Gasteiger partial charge on any atom is 0.414 e. The number of methoxy groups -OCH3 is 1. The van der Waals surface area contributed by atoms with Crippen molar-refractivity contribution in [3.05, 3.63) is 76.4 Å². The van der Waals surface area contributed by atoms with Crippen LogP contribution in [0, 0.1) is 0 Å². The fourth-order valence-electron chi connectivity index (χ4n) is 3.42. The predicted octanol–water partition coefficient (Wildman–Crippen LogP) is 2.19. The van der Waals surface area contributed by atoms with Gasteiger partial charge in [-0.15, -0.1) is 0 Å². The van der Waals surface area contributed by atoms with E-state index in [2.05, 4.69) is 20.4 Å². The van der Waals surface area contributed by atoms with Gasteiger partial charge in [-0.05, 0) is 55.3 Å². The molecular formula is C27H27ClN4O10S. The van der Waals surface area contributed by atoms with Gasteiger partial charge < -0.3 is 30.0 Å². The fourth-order valence-corrected chi connectivity index (χ4v) is 4.60. The number of aromatic nitrogens is 1. The van der Waals surface area contributed by atoms with E-state index in [1.165, 1.54) is 37.4 Å². The van der Waals surface area contributed by atoms with Gasteiger partial charge in [0.25, 0.3) is 27.7 Å². The molecule has 0 spiro atoms. The predicted molar refractivity (Wildman–Crippen MR) is 152 cm³/mol. The standard InChI is InChI=1S/C27H27ClN4O10S/c1-3-41-23(34)15-31-27(37)42-26-22(33)12-17(14-30-26)24(35)32-43(38,39)19-7-4-16(5-8-19)10-11-29-25(36)20-13-18(40-2)6-9-21(20)28/h4-9,12-14,33H,3,10-11,15H2,1-2H3,(H,29,36)(H,31,37)(H,32,35). The molecule has 14 nitrogen and oxygen atoms in total. The summed E-state index contributed by atoms with van der Waals surface area (Å²) >= 11 is 6.09. The van der Waals surface area contributed by atoms with E-state index in [1.54, 1.807) is 19.1 Å². The quantitative estimate of drug-likeness (QED) is 0.213. The molecule has 0 saturated heterocycles. The van der Waals surface area contributed by atoms with Gasteiger partial charge in [-0.1, -0.05) is 23.7 Å². The highest BCUT2D eigenvalue weighted by Crippen LogP contribution is 2.24. The zero-order valence-corrected chi connectivity index (χ0v) is 24.5. The first-order valence-electron chi connectivity index (χ1n) is 12.5. The van der Waals surface area contributed by atoms with Gasteiger partial charge in [0.1, 0.15) is 12.3 Å². The van der Waals surface area contributed by atoms with E-state index in [0.29, 0.717) is 17.7 Å². The van der Waals surface area contributed by atoms with Gasteiger partial charge in [0, 0.05) is 12.7 Å². The van der Waals surface area contributed by atoms with E-state index in [0.717, 1.165) is 12.3 Å². The molecular weight excluding hydrogens is 608 g/mol. The highest BCUT2D eigenvalue weighted by Gasteiger charge is 2.21. The maximum absolute atomic E-state index is 12.7. The van der Waals surface area contributed by atoms with Crippen LogP contribution in [-0.4, -0.2) is 69.2 Å². The minimum atomic E-state index is -4.31. The third-order valence-corrected chi connectivity index (χ3v) is 7.22. The molecule has 1 heterocycles. The Labute approximate surface area is 251 Å². The summed E-state index contributed by atoms with van der Waals surface area (Å²) < 4.78 is 41.8. The Hall–Kier alpha value is -4.89. The van der Waals surface area contributed by atoms with Crippen molar-refractivity contribution in [3.63, 3.8) is 0 Å². The fraction of sp³-hybridized carbons (Fsp3) is 0.222. The number of aromatic hydroxyl groups is 1.